The maximum atomic E-state index is 12.9. The van der Waals surface area contributed by atoms with Crippen molar-refractivity contribution in [2.75, 3.05) is 26.2 Å². The maximum Gasteiger partial charge on any atom is 0.254 e. The van der Waals surface area contributed by atoms with Crippen LogP contribution in [-0.4, -0.2) is 58.8 Å². The summed E-state index contributed by atoms with van der Waals surface area (Å²) in [6.45, 7) is 2.09. The minimum absolute atomic E-state index is 0.0492. The van der Waals surface area contributed by atoms with E-state index in [0.717, 1.165) is 5.56 Å². The molecule has 1 aromatic carbocycles. The van der Waals surface area contributed by atoms with Gasteiger partial charge in [-0.3, -0.25) is 14.6 Å². The number of amides is 2. The van der Waals surface area contributed by atoms with Crippen molar-refractivity contribution in [3.63, 3.8) is 0 Å². The van der Waals surface area contributed by atoms with Gasteiger partial charge in [0.2, 0.25) is 5.91 Å². The van der Waals surface area contributed by atoms with E-state index in [1.807, 2.05) is 23.2 Å². The molecule has 2 unspecified atom stereocenters. The number of halogens is 1. The number of nitrogens with one attached hydrogen (secondary N) is 2. The molecule has 7 nitrogen and oxygen atoms in total. The zero-order valence-corrected chi connectivity index (χ0v) is 16.1. The first kappa shape index (κ1) is 18.9. The van der Waals surface area contributed by atoms with Gasteiger partial charge in [0.15, 0.2) is 0 Å². The summed E-state index contributed by atoms with van der Waals surface area (Å²) in [4.78, 5) is 33.2. The number of carbonyl (C=O) groups is 2. The van der Waals surface area contributed by atoms with Crippen molar-refractivity contribution in [1.82, 2.24) is 25.6 Å². The molecule has 2 fully saturated rings. The predicted octanol–water partition coefficient (Wildman–Crippen LogP) is 1.63. The minimum atomic E-state index is -0.277. The normalized spacial score (nSPS) is 22.3. The van der Waals surface area contributed by atoms with Crippen LogP contribution in [0.4, 0.5) is 0 Å². The quantitative estimate of drug-likeness (QED) is 0.820. The fraction of sp³-hybridized carbons (Fsp3) is 0.350. The van der Waals surface area contributed by atoms with E-state index in [9.17, 15) is 9.59 Å². The first-order valence-corrected chi connectivity index (χ1v) is 9.74. The van der Waals surface area contributed by atoms with Gasteiger partial charge in [-0.1, -0.05) is 23.7 Å². The Bertz CT molecular complexity index is 855. The molecule has 1 aromatic heterocycles. The van der Waals surface area contributed by atoms with Crippen LogP contribution < -0.4 is 10.9 Å². The van der Waals surface area contributed by atoms with Gasteiger partial charge in [0.25, 0.3) is 5.91 Å². The van der Waals surface area contributed by atoms with Crippen molar-refractivity contribution in [2.45, 2.75) is 18.5 Å². The van der Waals surface area contributed by atoms with Crippen LogP contribution in [0.5, 0.6) is 0 Å². The van der Waals surface area contributed by atoms with Gasteiger partial charge in [0.1, 0.15) is 6.04 Å². The summed E-state index contributed by atoms with van der Waals surface area (Å²) in [5.41, 5.74) is 7.92. The molecule has 4 rings (SSSR count). The highest BCUT2D eigenvalue weighted by Crippen LogP contribution is 2.23. The van der Waals surface area contributed by atoms with Crippen LogP contribution in [0, 0.1) is 0 Å². The van der Waals surface area contributed by atoms with Gasteiger partial charge in [-0.2, -0.15) is 0 Å². The van der Waals surface area contributed by atoms with Gasteiger partial charge in [-0.05, 0) is 36.2 Å². The number of nitrogens with zero attached hydrogens (tertiary/aromatic N) is 3. The van der Waals surface area contributed by atoms with E-state index in [1.165, 1.54) is 0 Å². The number of pyridine rings is 1. The van der Waals surface area contributed by atoms with Gasteiger partial charge in [-0.25, -0.2) is 10.9 Å². The Morgan fingerprint density at radius 2 is 1.82 bits per heavy atom. The number of piperazine rings is 1. The van der Waals surface area contributed by atoms with Gasteiger partial charge in [-0.15, -0.1) is 0 Å². The summed E-state index contributed by atoms with van der Waals surface area (Å²) < 4.78 is 0. The third-order valence-corrected chi connectivity index (χ3v) is 5.47. The fourth-order valence-electron chi connectivity index (χ4n) is 3.67. The topological polar surface area (TPSA) is 77.6 Å². The molecule has 0 saturated carbocycles. The molecule has 8 heteroatoms. The molecule has 2 aliphatic rings. The van der Waals surface area contributed by atoms with E-state index in [0.29, 0.717) is 43.2 Å². The Morgan fingerprint density at radius 1 is 1.04 bits per heavy atom. The average Bonchev–Trinajstić information content (AvgIpc) is 3.24. The molecule has 0 radical (unpaired) electrons. The number of benzene rings is 1. The molecule has 0 bridgehead atoms. The largest absolute Gasteiger partial charge is 0.338 e. The van der Waals surface area contributed by atoms with Crippen molar-refractivity contribution in [3.8, 4) is 0 Å². The highest BCUT2D eigenvalue weighted by Gasteiger charge is 2.34. The monoisotopic (exact) mass is 399 g/mol. The average molecular weight is 400 g/mol. The minimum Gasteiger partial charge on any atom is -0.338 e. The summed E-state index contributed by atoms with van der Waals surface area (Å²) >= 11 is 5.98. The third kappa shape index (κ3) is 4.01. The summed E-state index contributed by atoms with van der Waals surface area (Å²) in [5, 5.41) is 0.544. The van der Waals surface area contributed by atoms with Crippen LogP contribution in [0.2, 0.25) is 5.02 Å². The summed E-state index contributed by atoms with van der Waals surface area (Å²) in [6, 6.07) is 10.6. The van der Waals surface area contributed by atoms with Crippen LogP contribution in [0.25, 0.3) is 0 Å². The lowest BCUT2D eigenvalue weighted by atomic mass is 10.0. The van der Waals surface area contributed by atoms with Crippen molar-refractivity contribution >= 4 is 23.4 Å². The molecule has 146 valence electrons. The molecule has 2 atom stereocenters. The van der Waals surface area contributed by atoms with Crippen molar-refractivity contribution in [1.29, 1.82) is 0 Å². The molecule has 2 aromatic rings. The molecule has 3 heterocycles. The Labute approximate surface area is 168 Å². The number of carbonyl (C=O) groups excluding carboxylic acids is 2. The first-order valence-electron chi connectivity index (χ1n) is 9.36. The number of hydrazine groups is 1. The van der Waals surface area contributed by atoms with Crippen LogP contribution >= 0.6 is 11.6 Å². The van der Waals surface area contributed by atoms with Crippen molar-refractivity contribution < 1.29 is 9.59 Å². The van der Waals surface area contributed by atoms with E-state index in [1.54, 1.807) is 35.4 Å². The lowest BCUT2D eigenvalue weighted by Gasteiger charge is -2.36. The molecular formula is C20H22ClN5O2. The smallest absolute Gasteiger partial charge is 0.254 e. The Kier molecular flexibility index (Phi) is 5.57. The molecule has 28 heavy (non-hydrogen) atoms. The molecule has 2 N–H and O–H groups in total. The van der Waals surface area contributed by atoms with Gasteiger partial charge >= 0.3 is 0 Å². The lowest BCUT2D eigenvalue weighted by molar-refractivity contribution is -0.134. The van der Waals surface area contributed by atoms with Crippen LogP contribution in [0.1, 0.15) is 28.4 Å². The maximum absolute atomic E-state index is 12.9. The second-order valence-corrected chi connectivity index (χ2v) is 7.48. The summed E-state index contributed by atoms with van der Waals surface area (Å²) in [5.74, 6) is 0.0145. The molecule has 2 aliphatic heterocycles. The molecular weight excluding hydrogens is 378 g/mol. The fourth-order valence-corrected chi connectivity index (χ4v) is 3.86. The van der Waals surface area contributed by atoms with E-state index in [2.05, 4.69) is 15.8 Å². The number of aromatic nitrogens is 1. The highest BCUT2D eigenvalue weighted by molar-refractivity contribution is 6.30. The Hall–Kier alpha value is -2.48. The van der Waals surface area contributed by atoms with Crippen LogP contribution in [0.3, 0.4) is 0 Å². The second-order valence-electron chi connectivity index (χ2n) is 7.04. The van der Waals surface area contributed by atoms with Crippen LogP contribution in [-0.2, 0) is 4.79 Å². The van der Waals surface area contributed by atoms with E-state index >= 15 is 0 Å². The second kappa shape index (κ2) is 8.26. The van der Waals surface area contributed by atoms with Gasteiger partial charge < -0.3 is 9.80 Å². The Morgan fingerprint density at radius 3 is 2.54 bits per heavy atom. The Balaban J connectivity index is 1.31. The standard InChI is InChI=1S/C20H22ClN5O2/c21-16-5-1-3-14(11-16)19(27)25-7-9-26(10-8-25)20(28)18-12-17(23-24-18)15-4-2-6-22-13-15/h1-6,11,13,17-18,23-24H,7-10,12H2. The van der Waals surface area contributed by atoms with Crippen LogP contribution in [0.15, 0.2) is 48.8 Å². The van der Waals surface area contributed by atoms with Gasteiger partial charge in [0, 0.05) is 55.2 Å². The lowest BCUT2D eigenvalue weighted by Crippen LogP contribution is -2.54. The van der Waals surface area contributed by atoms with E-state index in [-0.39, 0.29) is 23.9 Å². The summed E-state index contributed by atoms with van der Waals surface area (Å²) in [6.07, 6.45) is 4.22. The SMILES string of the molecule is O=C(c1cccc(Cl)c1)N1CCN(C(=O)C2CC(c3cccnc3)NN2)CC1. The van der Waals surface area contributed by atoms with E-state index < -0.39 is 0 Å². The zero-order valence-electron chi connectivity index (χ0n) is 15.3. The predicted molar refractivity (Wildman–Crippen MR) is 106 cm³/mol. The third-order valence-electron chi connectivity index (χ3n) is 5.24. The highest BCUT2D eigenvalue weighted by atomic mass is 35.5. The van der Waals surface area contributed by atoms with Gasteiger partial charge in [0.05, 0.1) is 0 Å². The van der Waals surface area contributed by atoms with Crippen molar-refractivity contribution in [3.05, 3.63) is 64.9 Å². The number of hydrogen-bond donors (Lipinski definition) is 2. The number of rotatable bonds is 3. The molecule has 2 amide bonds. The zero-order chi connectivity index (χ0) is 19.5. The molecule has 2 saturated heterocycles. The van der Waals surface area contributed by atoms with Crippen molar-refractivity contribution in [2.24, 2.45) is 0 Å². The first-order chi connectivity index (χ1) is 13.6. The van der Waals surface area contributed by atoms with E-state index in [4.69, 9.17) is 11.6 Å². The molecule has 0 aliphatic carbocycles. The molecule has 0 spiro atoms. The number of hydrogen-bond acceptors (Lipinski definition) is 5. The summed E-state index contributed by atoms with van der Waals surface area (Å²) in [7, 11) is 0.